The Morgan fingerprint density at radius 2 is 1.97 bits per heavy atom. The van der Waals surface area contributed by atoms with Crippen LogP contribution in [-0.4, -0.2) is 59.5 Å². The summed E-state index contributed by atoms with van der Waals surface area (Å²) in [6.07, 6.45) is -1.97. The lowest BCUT2D eigenvalue weighted by molar-refractivity contribution is -0.0639. The quantitative estimate of drug-likeness (QED) is 0.308. The van der Waals surface area contributed by atoms with Gasteiger partial charge in [0.2, 0.25) is 0 Å². The fourth-order valence-corrected chi connectivity index (χ4v) is 3.66. The van der Waals surface area contributed by atoms with Crippen molar-refractivity contribution in [2.45, 2.75) is 24.5 Å². The molecule has 4 rings (SSSR count). The molecule has 3 heterocycles. The Morgan fingerprint density at radius 3 is 2.69 bits per heavy atom. The van der Waals surface area contributed by atoms with E-state index in [2.05, 4.69) is 15.0 Å². The molecule has 3 aromatic rings. The maximum absolute atomic E-state index is 11.7. The van der Waals surface area contributed by atoms with Gasteiger partial charge in [-0.15, -0.1) is 0 Å². The number of nitrogen functional groups attached to an aromatic ring is 1. The van der Waals surface area contributed by atoms with E-state index >= 15 is 0 Å². The summed E-state index contributed by atoms with van der Waals surface area (Å²) in [6.45, 7) is -0.273. The number of aliphatic hydroxyl groups excluding tert-OH is 2. The first-order valence-electron chi connectivity index (χ1n) is 8.63. The molecule has 0 amide bonds. The molecule has 5 N–H and O–H groups in total. The Morgan fingerprint density at radius 1 is 1.21 bits per heavy atom. The second-order valence-electron chi connectivity index (χ2n) is 6.34. The SMILES string of the molecule is Nc1ncnc2c1ncn2[C@@H]1O[C@H](CON(c2ccccc2)[PH](=O)O)C(O)C1O. The maximum Gasteiger partial charge on any atom is 0.305 e. The Balaban J connectivity index is 1.51. The average Bonchev–Trinajstić information content (AvgIpc) is 3.26. The van der Waals surface area contributed by atoms with Gasteiger partial charge < -0.3 is 25.6 Å². The lowest BCUT2D eigenvalue weighted by Gasteiger charge is -2.23. The molecule has 5 atom stereocenters. The first kappa shape index (κ1) is 19.7. The zero-order chi connectivity index (χ0) is 20.5. The molecule has 1 saturated heterocycles. The van der Waals surface area contributed by atoms with Crippen LogP contribution in [0, 0.1) is 0 Å². The van der Waals surface area contributed by atoms with E-state index < -0.39 is 32.7 Å². The monoisotopic (exact) mass is 422 g/mol. The number of hydrogen-bond acceptors (Lipinski definition) is 9. The maximum atomic E-state index is 11.7. The molecule has 1 aliphatic rings. The summed E-state index contributed by atoms with van der Waals surface area (Å²) < 4.78 is 18.9. The molecule has 13 heteroatoms. The first-order chi connectivity index (χ1) is 14.0. The molecule has 0 saturated carbocycles. The number of aromatic nitrogens is 4. The van der Waals surface area contributed by atoms with Gasteiger partial charge in [0, 0.05) is 0 Å². The van der Waals surface area contributed by atoms with Gasteiger partial charge in [0.05, 0.1) is 12.0 Å². The van der Waals surface area contributed by atoms with Crippen molar-refractivity contribution in [3.63, 3.8) is 0 Å². The van der Waals surface area contributed by atoms with Gasteiger partial charge in [-0.3, -0.25) is 14.0 Å². The first-order valence-corrected chi connectivity index (χ1v) is 9.93. The molecule has 12 nitrogen and oxygen atoms in total. The number of aliphatic hydroxyl groups is 2. The third-order valence-corrected chi connectivity index (χ3v) is 5.27. The summed E-state index contributed by atoms with van der Waals surface area (Å²) in [6, 6.07) is 8.34. The van der Waals surface area contributed by atoms with Crippen molar-refractivity contribution in [3.05, 3.63) is 43.0 Å². The molecule has 29 heavy (non-hydrogen) atoms. The highest BCUT2D eigenvalue weighted by Crippen LogP contribution is 2.34. The van der Waals surface area contributed by atoms with Crippen LogP contribution in [0.4, 0.5) is 11.5 Å². The van der Waals surface area contributed by atoms with Gasteiger partial charge in [-0.05, 0) is 12.1 Å². The van der Waals surface area contributed by atoms with Crippen molar-refractivity contribution in [2.24, 2.45) is 0 Å². The molecule has 1 aromatic carbocycles. The van der Waals surface area contributed by atoms with Crippen molar-refractivity contribution in [3.8, 4) is 0 Å². The van der Waals surface area contributed by atoms with Crippen molar-refractivity contribution in [1.82, 2.24) is 19.5 Å². The summed E-state index contributed by atoms with van der Waals surface area (Å²) in [5.41, 5.74) is 6.81. The van der Waals surface area contributed by atoms with Crippen molar-refractivity contribution in [2.75, 3.05) is 17.2 Å². The van der Waals surface area contributed by atoms with Crippen LogP contribution in [0.1, 0.15) is 6.23 Å². The van der Waals surface area contributed by atoms with Crippen molar-refractivity contribution < 1.29 is 29.2 Å². The number of anilines is 2. The highest BCUT2D eigenvalue weighted by atomic mass is 31.1. The molecule has 1 fully saturated rings. The molecule has 1 aliphatic heterocycles. The van der Waals surface area contributed by atoms with Crippen LogP contribution in [0.25, 0.3) is 11.2 Å². The summed E-state index contributed by atoms with van der Waals surface area (Å²) in [4.78, 5) is 27.9. The molecule has 0 spiro atoms. The number of para-hydroxylation sites is 1. The van der Waals surface area contributed by atoms with Gasteiger partial charge in [0.1, 0.15) is 36.8 Å². The number of fused-ring (bicyclic) bond motifs is 1. The second-order valence-corrected chi connectivity index (χ2v) is 7.31. The summed E-state index contributed by atoms with van der Waals surface area (Å²) in [5.74, 6) is 0.174. The number of rotatable bonds is 6. The Hall–Kier alpha value is -2.60. The van der Waals surface area contributed by atoms with Gasteiger partial charge in [-0.2, -0.15) is 4.83 Å². The lowest BCUT2D eigenvalue weighted by atomic mass is 10.1. The molecule has 0 radical (unpaired) electrons. The van der Waals surface area contributed by atoms with E-state index in [1.165, 1.54) is 17.2 Å². The zero-order valence-electron chi connectivity index (χ0n) is 14.9. The molecular weight excluding hydrogens is 403 g/mol. The Labute approximate surface area is 165 Å². The zero-order valence-corrected chi connectivity index (χ0v) is 15.9. The van der Waals surface area contributed by atoms with E-state index in [1.54, 1.807) is 30.3 Å². The summed E-state index contributed by atoms with van der Waals surface area (Å²) >= 11 is 0. The van der Waals surface area contributed by atoms with E-state index in [0.29, 0.717) is 16.9 Å². The number of imidazole rings is 1. The smallest absolute Gasteiger partial charge is 0.305 e. The molecule has 154 valence electrons. The minimum Gasteiger partial charge on any atom is -0.387 e. The van der Waals surface area contributed by atoms with E-state index in [1.807, 2.05) is 0 Å². The largest absolute Gasteiger partial charge is 0.387 e. The van der Waals surface area contributed by atoms with Crippen LogP contribution in [0.2, 0.25) is 0 Å². The predicted molar refractivity (Wildman–Crippen MR) is 102 cm³/mol. The predicted octanol–water partition coefficient (Wildman–Crippen LogP) is -0.152. The highest BCUT2D eigenvalue weighted by Gasteiger charge is 2.45. The van der Waals surface area contributed by atoms with E-state index in [0.717, 1.165) is 4.83 Å². The minimum atomic E-state index is -3.22. The van der Waals surface area contributed by atoms with Gasteiger partial charge in [0.25, 0.3) is 0 Å². The third-order valence-electron chi connectivity index (χ3n) is 4.53. The number of benzene rings is 1. The van der Waals surface area contributed by atoms with Crippen LogP contribution in [-0.2, 0) is 14.1 Å². The normalized spacial score (nSPS) is 25.3. The van der Waals surface area contributed by atoms with Crippen LogP contribution in [0.3, 0.4) is 0 Å². The van der Waals surface area contributed by atoms with E-state index in [4.69, 9.17) is 15.3 Å². The average molecular weight is 422 g/mol. The van der Waals surface area contributed by atoms with Gasteiger partial charge in [-0.1, -0.05) is 18.2 Å². The molecule has 0 bridgehead atoms. The van der Waals surface area contributed by atoms with Gasteiger partial charge in [0.15, 0.2) is 17.7 Å². The molecule has 3 unspecified atom stereocenters. The van der Waals surface area contributed by atoms with Gasteiger partial charge in [-0.25, -0.2) is 15.0 Å². The fourth-order valence-electron chi connectivity index (χ4n) is 3.10. The van der Waals surface area contributed by atoms with Crippen LogP contribution in [0.15, 0.2) is 43.0 Å². The standard InChI is InChI=1S/C16H19N6O6P/c17-14-11-15(19-7-18-14)21(8-20-11)16-13(24)12(23)10(28-16)6-27-22(29(25)26)9-4-2-1-3-5-9/h1-5,7-8,10,12-13,16,23-24,29H,6H2,(H,25,26)(H2,17,18,19)/t10-,12?,13?,16-/m1/s1. The Kier molecular flexibility index (Phi) is 5.46. The van der Waals surface area contributed by atoms with Crippen LogP contribution < -0.4 is 10.6 Å². The number of ether oxygens (including phenoxy) is 1. The number of nitrogens with two attached hydrogens (primary N) is 1. The molecule has 0 aliphatic carbocycles. The minimum absolute atomic E-state index is 0.174. The van der Waals surface area contributed by atoms with E-state index in [-0.39, 0.29) is 12.4 Å². The third kappa shape index (κ3) is 3.69. The number of nitrogens with zero attached hydrogens (tertiary/aromatic N) is 5. The summed E-state index contributed by atoms with van der Waals surface area (Å²) in [7, 11) is -3.22. The molecule has 2 aromatic heterocycles. The Bertz CT molecular complexity index is 1020. The van der Waals surface area contributed by atoms with Crippen LogP contribution >= 0.6 is 8.18 Å². The van der Waals surface area contributed by atoms with Gasteiger partial charge >= 0.3 is 8.18 Å². The number of hydrogen-bond donors (Lipinski definition) is 4. The highest BCUT2D eigenvalue weighted by molar-refractivity contribution is 7.39. The summed E-state index contributed by atoms with van der Waals surface area (Å²) in [5, 5.41) is 20.8. The van der Waals surface area contributed by atoms with Crippen molar-refractivity contribution in [1.29, 1.82) is 0 Å². The lowest BCUT2D eigenvalue weighted by Crippen LogP contribution is -2.35. The van der Waals surface area contributed by atoms with Crippen LogP contribution in [0.5, 0.6) is 0 Å². The molecular formula is C16H19N6O6P. The fraction of sp³-hybridized carbons (Fsp3) is 0.312. The van der Waals surface area contributed by atoms with E-state index in [9.17, 15) is 19.7 Å². The van der Waals surface area contributed by atoms with Crippen molar-refractivity contribution >= 4 is 30.8 Å². The topological polar surface area (TPSA) is 169 Å². The second kappa shape index (κ2) is 8.03.